The molecule has 4 aliphatic heterocycles. The highest BCUT2D eigenvalue weighted by molar-refractivity contribution is 6.15. The molecule has 7 atom stereocenters. The smallest absolute Gasteiger partial charge is 0.319 e. The maximum absolute atomic E-state index is 13.4. The third-order valence-electron chi connectivity index (χ3n) is 7.64. The fourth-order valence-electron chi connectivity index (χ4n) is 6.55. The number of rotatable bonds is 3. The Morgan fingerprint density at radius 2 is 2.17 bits per heavy atom. The van der Waals surface area contributed by atoms with Crippen molar-refractivity contribution in [2.75, 3.05) is 27.3 Å². The molecule has 5 aliphatic rings. The van der Waals surface area contributed by atoms with Crippen LogP contribution in [0.15, 0.2) is 23.2 Å². The number of aliphatic hydroxyl groups is 2. The van der Waals surface area contributed by atoms with Gasteiger partial charge in [0.15, 0.2) is 0 Å². The third kappa shape index (κ3) is 2.35. The van der Waals surface area contributed by atoms with Crippen LogP contribution in [0.3, 0.4) is 0 Å². The van der Waals surface area contributed by atoms with Gasteiger partial charge < -0.3 is 19.7 Å². The maximum Gasteiger partial charge on any atom is 0.319 e. The van der Waals surface area contributed by atoms with E-state index in [2.05, 4.69) is 4.90 Å². The first-order valence-electron chi connectivity index (χ1n) is 10.4. The van der Waals surface area contributed by atoms with Gasteiger partial charge in [-0.15, -0.1) is 0 Å². The molecule has 2 unspecified atom stereocenters. The van der Waals surface area contributed by atoms with Gasteiger partial charge in [-0.3, -0.25) is 14.7 Å². The number of hydrogen-bond donors (Lipinski definition) is 2. The monoisotopic (exact) mass is 400 g/mol. The van der Waals surface area contributed by atoms with E-state index in [1.807, 2.05) is 18.2 Å². The Bertz CT molecular complexity index is 899. The van der Waals surface area contributed by atoms with Crippen LogP contribution in [0.25, 0.3) is 0 Å². The van der Waals surface area contributed by atoms with E-state index in [1.165, 1.54) is 7.11 Å². The van der Waals surface area contributed by atoms with Gasteiger partial charge in [0, 0.05) is 30.6 Å². The van der Waals surface area contributed by atoms with Gasteiger partial charge >= 0.3 is 5.97 Å². The first-order chi connectivity index (χ1) is 13.8. The SMILES string of the molecule is COC(=O)[C@@]12C[C@H]3C[C@H]([C@H](C)O)[C@@H]1N(CCC1(O)C2=Nc2ccc(OC)cc21)C3. The van der Waals surface area contributed by atoms with E-state index in [0.29, 0.717) is 42.1 Å². The Kier molecular flexibility index (Phi) is 4.11. The molecule has 6 rings (SSSR count). The van der Waals surface area contributed by atoms with Crippen LogP contribution in [0.5, 0.6) is 5.75 Å². The van der Waals surface area contributed by atoms with Gasteiger partial charge in [-0.1, -0.05) is 0 Å². The van der Waals surface area contributed by atoms with E-state index in [0.717, 1.165) is 13.0 Å². The average Bonchev–Trinajstić information content (AvgIpc) is 3.00. The van der Waals surface area contributed by atoms with Gasteiger partial charge in [0.1, 0.15) is 16.8 Å². The number of ether oxygens (including phenoxy) is 2. The van der Waals surface area contributed by atoms with E-state index >= 15 is 0 Å². The van der Waals surface area contributed by atoms with Crippen LogP contribution in [-0.2, 0) is 15.1 Å². The van der Waals surface area contributed by atoms with Gasteiger partial charge in [0.25, 0.3) is 0 Å². The standard InChI is InChI=1S/C22H28N2O5/c1-12(25)15-8-13-10-21(20(26)29-3)18(15)24(11-13)7-6-22(27)16-9-14(28-2)4-5-17(16)23-19(21)22/h4-5,9,12-13,15,18,25,27H,6-8,10-11H2,1-3H3/t12-,13+,15+,18-,21-,22?/m0/s1. The van der Waals surface area contributed by atoms with Gasteiger partial charge in [0.2, 0.25) is 0 Å². The van der Waals surface area contributed by atoms with E-state index in [9.17, 15) is 15.0 Å². The van der Waals surface area contributed by atoms with Crippen molar-refractivity contribution in [1.82, 2.24) is 4.90 Å². The summed E-state index contributed by atoms with van der Waals surface area (Å²) < 4.78 is 10.7. The van der Waals surface area contributed by atoms with Crippen molar-refractivity contribution in [2.24, 2.45) is 22.2 Å². The van der Waals surface area contributed by atoms with E-state index in [-0.39, 0.29) is 23.8 Å². The van der Waals surface area contributed by atoms with Crippen molar-refractivity contribution in [3.8, 4) is 5.75 Å². The molecule has 4 heterocycles. The van der Waals surface area contributed by atoms with Crippen LogP contribution in [-0.4, -0.2) is 66.2 Å². The van der Waals surface area contributed by atoms with Crippen molar-refractivity contribution in [3.63, 3.8) is 0 Å². The minimum Gasteiger partial charge on any atom is -0.497 e. The number of methoxy groups -OCH3 is 2. The third-order valence-corrected chi connectivity index (χ3v) is 7.64. The lowest BCUT2D eigenvalue weighted by Crippen LogP contribution is -2.69. The number of esters is 1. The lowest BCUT2D eigenvalue weighted by atomic mass is 9.54. The lowest BCUT2D eigenvalue weighted by molar-refractivity contribution is -0.168. The molecule has 1 saturated carbocycles. The number of piperidine rings is 2. The van der Waals surface area contributed by atoms with Gasteiger partial charge in [0.05, 0.1) is 31.7 Å². The number of benzene rings is 1. The first-order valence-corrected chi connectivity index (χ1v) is 10.4. The summed E-state index contributed by atoms with van der Waals surface area (Å²) in [4.78, 5) is 20.6. The second-order valence-corrected chi connectivity index (χ2v) is 9.07. The molecule has 0 spiro atoms. The molecule has 7 nitrogen and oxygen atoms in total. The molecule has 1 aromatic carbocycles. The summed E-state index contributed by atoms with van der Waals surface area (Å²) in [6, 6.07) is 5.25. The van der Waals surface area contributed by atoms with Crippen LogP contribution < -0.4 is 4.74 Å². The number of hydrogen-bond acceptors (Lipinski definition) is 7. The van der Waals surface area contributed by atoms with Crippen molar-refractivity contribution in [3.05, 3.63) is 23.8 Å². The zero-order valence-corrected chi connectivity index (χ0v) is 17.1. The molecule has 4 bridgehead atoms. The fourth-order valence-corrected chi connectivity index (χ4v) is 6.55. The van der Waals surface area contributed by atoms with Crippen LogP contribution in [0, 0.1) is 17.3 Å². The van der Waals surface area contributed by atoms with Crippen molar-refractivity contribution in [2.45, 2.75) is 43.9 Å². The normalized spacial score (nSPS) is 40.4. The van der Waals surface area contributed by atoms with Crippen LogP contribution in [0.1, 0.15) is 31.7 Å². The highest BCUT2D eigenvalue weighted by atomic mass is 16.5. The largest absolute Gasteiger partial charge is 0.497 e. The molecule has 0 amide bonds. The molecular weight excluding hydrogens is 372 g/mol. The summed E-state index contributed by atoms with van der Waals surface area (Å²) >= 11 is 0. The topological polar surface area (TPSA) is 91.6 Å². The summed E-state index contributed by atoms with van der Waals surface area (Å²) in [6.45, 7) is 3.31. The average molecular weight is 400 g/mol. The quantitative estimate of drug-likeness (QED) is 0.750. The fraction of sp³-hybridized carbons (Fsp3) is 0.636. The van der Waals surface area contributed by atoms with Crippen LogP contribution >= 0.6 is 0 Å². The maximum atomic E-state index is 13.4. The van der Waals surface area contributed by atoms with E-state index in [4.69, 9.17) is 14.5 Å². The number of nitrogens with zero attached hydrogens (tertiary/aromatic N) is 2. The minimum atomic E-state index is -1.35. The predicted octanol–water partition coefficient (Wildman–Crippen LogP) is 1.62. The molecule has 156 valence electrons. The zero-order valence-electron chi connectivity index (χ0n) is 17.1. The Hall–Kier alpha value is -1.96. The van der Waals surface area contributed by atoms with Gasteiger partial charge in [-0.05, 0) is 50.3 Å². The summed E-state index contributed by atoms with van der Waals surface area (Å²) in [7, 11) is 2.99. The first kappa shape index (κ1) is 19.0. The second-order valence-electron chi connectivity index (χ2n) is 9.07. The molecule has 0 aromatic heterocycles. The highest BCUT2D eigenvalue weighted by Gasteiger charge is 2.69. The minimum absolute atomic E-state index is 0.0649. The number of carbonyl (C=O) groups excluding carboxylic acids is 1. The molecule has 29 heavy (non-hydrogen) atoms. The lowest BCUT2D eigenvalue weighted by Gasteiger charge is -2.58. The van der Waals surface area contributed by atoms with E-state index in [1.54, 1.807) is 14.0 Å². The molecule has 7 heteroatoms. The Morgan fingerprint density at radius 3 is 2.86 bits per heavy atom. The molecule has 1 aliphatic carbocycles. The van der Waals surface area contributed by atoms with Crippen molar-refractivity contribution < 1.29 is 24.5 Å². The van der Waals surface area contributed by atoms with Crippen LogP contribution in [0.4, 0.5) is 5.69 Å². The number of fused-ring (bicyclic) bond motifs is 4. The molecule has 3 saturated heterocycles. The number of carbonyl (C=O) groups is 1. The Balaban J connectivity index is 1.74. The van der Waals surface area contributed by atoms with E-state index < -0.39 is 17.1 Å². The zero-order chi connectivity index (χ0) is 20.6. The van der Waals surface area contributed by atoms with Crippen molar-refractivity contribution in [1.29, 1.82) is 0 Å². The summed E-state index contributed by atoms with van der Waals surface area (Å²) in [5.41, 5.74) is -0.554. The van der Waals surface area contributed by atoms with Crippen LogP contribution in [0.2, 0.25) is 0 Å². The van der Waals surface area contributed by atoms with Crippen molar-refractivity contribution >= 4 is 17.4 Å². The Labute approximate surface area is 170 Å². The summed E-state index contributed by atoms with van der Waals surface area (Å²) in [6.07, 6.45) is 1.37. The van der Waals surface area contributed by atoms with Gasteiger partial charge in [-0.25, -0.2) is 0 Å². The predicted molar refractivity (Wildman–Crippen MR) is 106 cm³/mol. The number of aliphatic hydroxyl groups excluding tert-OH is 1. The molecule has 1 aromatic rings. The summed E-state index contributed by atoms with van der Waals surface area (Å²) in [5.74, 6) is 0.477. The number of aliphatic imine (C=N–C) groups is 1. The molecule has 4 fully saturated rings. The molecule has 2 N–H and O–H groups in total. The Morgan fingerprint density at radius 1 is 1.38 bits per heavy atom. The van der Waals surface area contributed by atoms with Gasteiger partial charge in [-0.2, -0.15) is 0 Å². The molecule has 0 radical (unpaired) electrons. The highest BCUT2D eigenvalue weighted by Crippen LogP contribution is 2.60. The second kappa shape index (κ2) is 6.27. The molecular formula is C22H28N2O5. The summed E-state index contributed by atoms with van der Waals surface area (Å²) in [5, 5.41) is 22.6.